The van der Waals surface area contributed by atoms with E-state index in [0.717, 1.165) is 79.8 Å². The average molecular weight is 651 g/mol. The van der Waals surface area contributed by atoms with Gasteiger partial charge in [-0.2, -0.15) is 5.26 Å². The summed E-state index contributed by atoms with van der Waals surface area (Å²) in [6.07, 6.45) is 6.28. The standard InChI is InChI=1S/C47H30N4/c48-31-32-25-26-45-41(27-32)38-23-13-14-24-44(38)51(45)46-39(33-15-5-1-6-16-33)28-37(29-40(46)34-17-7-2-8-18-34)43-30-42(35-19-9-3-10-20-35)49-47(50-43)36-21-11-4-12-22-36/h1-7,9-13,15-17,19-23,25-30H,14,24H2. The maximum absolute atomic E-state index is 9.84. The van der Waals surface area contributed by atoms with Gasteiger partial charge in [-0.15, -0.1) is 0 Å². The van der Waals surface area contributed by atoms with E-state index >= 15 is 0 Å². The molecule has 4 heteroatoms. The van der Waals surface area contributed by atoms with Crippen molar-refractivity contribution in [3.05, 3.63) is 181 Å². The summed E-state index contributed by atoms with van der Waals surface area (Å²) in [7, 11) is 0. The Kier molecular flexibility index (Phi) is 7.54. The highest BCUT2D eigenvalue weighted by molar-refractivity contribution is 5.98. The topological polar surface area (TPSA) is 54.5 Å². The van der Waals surface area contributed by atoms with E-state index in [0.29, 0.717) is 11.4 Å². The Morgan fingerprint density at radius 2 is 1.33 bits per heavy atom. The van der Waals surface area contributed by atoms with Gasteiger partial charge in [0.2, 0.25) is 0 Å². The molecule has 0 amide bonds. The maximum Gasteiger partial charge on any atom is 0.160 e. The molecule has 1 aliphatic rings. The quantitative estimate of drug-likeness (QED) is 0.180. The lowest BCUT2D eigenvalue weighted by atomic mass is 9.91. The van der Waals surface area contributed by atoms with E-state index in [1.807, 2.05) is 60.7 Å². The largest absolute Gasteiger partial charge is 0.312 e. The molecule has 0 saturated carbocycles. The van der Waals surface area contributed by atoms with Crippen LogP contribution in [0.4, 0.5) is 0 Å². The molecule has 51 heavy (non-hydrogen) atoms. The van der Waals surface area contributed by atoms with E-state index in [2.05, 4.69) is 120 Å². The van der Waals surface area contributed by atoms with Crippen molar-refractivity contribution in [2.24, 2.45) is 0 Å². The molecule has 2 heterocycles. The molecule has 0 bridgehead atoms. The van der Waals surface area contributed by atoms with Crippen LogP contribution in [0.25, 0.3) is 78.8 Å². The molecule has 6 aromatic carbocycles. The first-order valence-electron chi connectivity index (χ1n) is 17.1. The van der Waals surface area contributed by atoms with Gasteiger partial charge in [0.15, 0.2) is 5.82 Å². The van der Waals surface area contributed by atoms with Crippen LogP contribution in [0.5, 0.6) is 0 Å². The highest BCUT2D eigenvalue weighted by Crippen LogP contribution is 2.44. The van der Waals surface area contributed by atoms with Crippen molar-refractivity contribution >= 4 is 17.0 Å². The van der Waals surface area contributed by atoms with Gasteiger partial charge in [-0.05, 0) is 66.9 Å². The van der Waals surface area contributed by atoms with Crippen molar-refractivity contribution in [1.82, 2.24) is 14.5 Å². The van der Waals surface area contributed by atoms with Crippen LogP contribution in [0, 0.1) is 23.5 Å². The summed E-state index contributed by atoms with van der Waals surface area (Å²) in [4.78, 5) is 10.3. The zero-order chi connectivity index (χ0) is 34.1. The van der Waals surface area contributed by atoms with Gasteiger partial charge < -0.3 is 4.57 Å². The number of benzene rings is 5. The van der Waals surface area contributed by atoms with Crippen LogP contribution in [0.3, 0.4) is 0 Å². The van der Waals surface area contributed by atoms with Gasteiger partial charge in [0.1, 0.15) is 0 Å². The van der Waals surface area contributed by atoms with Crippen LogP contribution < -0.4 is 0 Å². The van der Waals surface area contributed by atoms with Crippen LogP contribution in [0.15, 0.2) is 152 Å². The molecule has 1 aliphatic carbocycles. The summed E-state index contributed by atoms with van der Waals surface area (Å²) in [5.41, 5.74) is 13.9. The Hall–Kier alpha value is -7.01. The highest BCUT2D eigenvalue weighted by atomic mass is 15.0. The SMILES string of the molecule is N#Cc1ccc2c(c1)c1c(n2-c2c(-c3c#cccc3)cc(-c3cc(-c4ccccc4)nc(-c4ccccc4)n3)cc2-c2ccccc2)CCC=C1. The Balaban J connectivity index is 1.39. The Morgan fingerprint density at radius 1 is 0.647 bits per heavy atom. The first kappa shape index (κ1) is 30.1. The minimum absolute atomic E-state index is 0.651. The van der Waals surface area contributed by atoms with E-state index in [1.54, 1.807) is 0 Å². The number of hydrogen-bond donors (Lipinski definition) is 0. The van der Waals surface area contributed by atoms with Gasteiger partial charge in [-0.3, -0.25) is 0 Å². The predicted molar refractivity (Wildman–Crippen MR) is 206 cm³/mol. The first-order chi connectivity index (χ1) is 25.2. The third kappa shape index (κ3) is 5.46. The monoisotopic (exact) mass is 650 g/mol. The normalized spacial score (nSPS) is 11.9. The highest BCUT2D eigenvalue weighted by Gasteiger charge is 2.25. The molecule has 0 spiro atoms. The summed E-state index contributed by atoms with van der Waals surface area (Å²) >= 11 is 0. The number of nitriles is 1. The third-order valence-electron chi connectivity index (χ3n) is 9.55. The lowest BCUT2D eigenvalue weighted by Crippen LogP contribution is -2.07. The van der Waals surface area contributed by atoms with Crippen molar-refractivity contribution in [3.63, 3.8) is 0 Å². The van der Waals surface area contributed by atoms with E-state index < -0.39 is 0 Å². The van der Waals surface area contributed by atoms with Gasteiger partial charge in [0.25, 0.3) is 0 Å². The molecule has 4 nitrogen and oxygen atoms in total. The number of allylic oxidation sites excluding steroid dienone is 1. The second-order valence-corrected chi connectivity index (χ2v) is 12.7. The molecule has 2 aromatic heterocycles. The summed E-state index contributed by atoms with van der Waals surface area (Å²) in [6.45, 7) is 0. The number of nitrogens with zero attached hydrogens (tertiary/aromatic N) is 4. The molecule has 0 radical (unpaired) electrons. The van der Waals surface area contributed by atoms with Gasteiger partial charge in [-0.1, -0.05) is 121 Å². The van der Waals surface area contributed by atoms with Crippen molar-refractivity contribution in [2.45, 2.75) is 12.8 Å². The molecule has 0 saturated heterocycles. The fourth-order valence-corrected chi connectivity index (χ4v) is 7.19. The van der Waals surface area contributed by atoms with Crippen LogP contribution >= 0.6 is 0 Å². The molecular formula is C47H30N4. The summed E-state index contributed by atoms with van der Waals surface area (Å²) in [5, 5.41) is 10.9. The molecule has 8 aromatic rings. The van der Waals surface area contributed by atoms with Crippen molar-refractivity contribution < 1.29 is 0 Å². The van der Waals surface area contributed by atoms with Crippen molar-refractivity contribution in [3.8, 4) is 67.9 Å². The maximum atomic E-state index is 9.84. The zero-order valence-electron chi connectivity index (χ0n) is 27.7. The van der Waals surface area contributed by atoms with Crippen molar-refractivity contribution in [1.29, 1.82) is 5.26 Å². The molecule has 0 N–H and O–H groups in total. The molecule has 0 fully saturated rings. The molecule has 0 unspecified atom stereocenters. The minimum Gasteiger partial charge on any atom is -0.312 e. The average Bonchev–Trinajstić information content (AvgIpc) is 3.54. The summed E-state index contributed by atoms with van der Waals surface area (Å²) in [5.74, 6) is 0.670. The van der Waals surface area contributed by atoms with Gasteiger partial charge >= 0.3 is 0 Å². The van der Waals surface area contributed by atoms with Crippen LogP contribution in [0.2, 0.25) is 0 Å². The summed E-state index contributed by atoms with van der Waals surface area (Å²) < 4.78 is 2.42. The lowest BCUT2D eigenvalue weighted by molar-refractivity contribution is 0.890. The third-order valence-corrected chi connectivity index (χ3v) is 9.55. The second kappa shape index (κ2) is 12.8. The van der Waals surface area contributed by atoms with E-state index in [-0.39, 0.29) is 0 Å². The lowest BCUT2D eigenvalue weighted by Gasteiger charge is -2.22. The number of hydrogen-bond acceptors (Lipinski definition) is 3. The molecule has 9 rings (SSSR count). The van der Waals surface area contributed by atoms with E-state index in [1.165, 1.54) is 11.3 Å². The fraction of sp³-hybridized carbons (Fsp3) is 0.0426. The summed E-state index contributed by atoms with van der Waals surface area (Å²) in [6, 6.07) is 58.7. The van der Waals surface area contributed by atoms with Gasteiger partial charge in [-0.25, -0.2) is 9.97 Å². The number of aromatic nitrogens is 3. The Labute approximate surface area is 297 Å². The van der Waals surface area contributed by atoms with Crippen molar-refractivity contribution in [2.75, 3.05) is 0 Å². The van der Waals surface area contributed by atoms with Gasteiger partial charge in [0.05, 0.1) is 34.2 Å². The number of fused-ring (bicyclic) bond motifs is 3. The number of rotatable bonds is 6. The molecular weight excluding hydrogens is 621 g/mol. The fourth-order valence-electron chi connectivity index (χ4n) is 7.19. The zero-order valence-corrected chi connectivity index (χ0v) is 27.7. The predicted octanol–water partition coefficient (Wildman–Crippen LogP) is 11.2. The van der Waals surface area contributed by atoms with Crippen LogP contribution in [-0.2, 0) is 6.42 Å². The first-order valence-corrected chi connectivity index (χ1v) is 17.1. The molecule has 0 aliphatic heterocycles. The van der Waals surface area contributed by atoms with E-state index in [9.17, 15) is 5.26 Å². The van der Waals surface area contributed by atoms with E-state index in [4.69, 9.17) is 9.97 Å². The smallest absolute Gasteiger partial charge is 0.160 e. The van der Waals surface area contributed by atoms with Crippen LogP contribution in [0.1, 0.15) is 23.2 Å². The Bertz CT molecular complexity index is 2500. The molecule has 0 atom stereocenters. The second-order valence-electron chi connectivity index (χ2n) is 12.7. The Morgan fingerprint density at radius 3 is 2.04 bits per heavy atom. The minimum atomic E-state index is 0.651. The van der Waals surface area contributed by atoms with Crippen LogP contribution in [-0.4, -0.2) is 14.5 Å². The van der Waals surface area contributed by atoms with Gasteiger partial charge in [0, 0.05) is 50.0 Å². The molecule has 238 valence electrons.